The molecule has 9 N–H and O–H groups in total. The van der Waals surface area contributed by atoms with Crippen molar-refractivity contribution in [3.63, 3.8) is 0 Å². The van der Waals surface area contributed by atoms with Crippen molar-refractivity contribution < 1.29 is 20.9 Å². The quantitative estimate of drug-likeness (QED) is 0.554. The number of carbonyl (C=O) groups is 1. The van der Waals surface area contributed by atoms with E-state index in [4.69, 9.17) is 5.73 Å². The lowest BCUT2D eigenvalue weighted by Gasteiger charge is -2.58. The zero-order valence-electron chi connectivity index (χ0n) is 14.9. The maximum atomic E-state index is 11.9. The zero-order chi connectivity index (χ0) is 16.5. The van der Waals surface area contributed by atoms with Crippen LogP contribution in [-0.4, -0.2) is 43.6 Å². The van der Waals surface area contributed by atoms with E-state index in [0.29, 0.717) is 29.4 Å². The van der Waals surface area contributed by atoms with Crippen LogP contribution in [0.2, 0.25) is 0 Å². The molecule has 150 valence electrons. The standard InChI is InChI=1S/C18H22N4O2.BrH.2H2O/c19-16(23)13-8-21-17-12(1-2-20-17)15(13)22-14-10-3-9-4-11(14)7-18(24,5-9)6-10;;;/h1-2,8-11,14,24H,3-7H2,(H2,19,23)(H2,20,21,22);1H;2*1H2/t9?,10-,11+,14?,18?;;;. The molecule has 27 heavy (non-hydrogen) atoms. The Bertz CT molecular complexity index is 826. The largest absolute Gasteiger partial charge is 0.412 e. The van der Waals surface area contributed by atoms with Crippen LogP contribution in [0, 0.1) is 17.8 Å². The van der Waals surface area contributed by atoms with E-state index in [0.717, 1.165) is 36.0 Å². The molecule has 4 fully saturated rings. The predicted octanol–water partition coefficient (Wildman–Crippen LogP) is 0.942. The first-order valence-corrected chi connectivity index (χ1v) is 8.77. The van der Waals surface area contributed by atoms with E-state index >= 15 is 0 Å². The number of hydrogen-bond acceptors (Lipinski definition) is 4. The summed E-state index contributed by atoms with van der Waals surface area (Å²) in [7, 11) is 0. The third-order valence-electron chi connectivity index (χ3n) is 6.40. The van der Waals surface area contributed by atoms with Gasteiger partial charge in [0.2, 0.25) is 0 Å². The van der Waals surface area contributed by atoms with Gasteiger partial charge in [-0.05, 0) is 55.9 Å². The molecule has 1 amide bonds. The number of halogens is 1. The Hall–Kier alpha value is -1.68. The van der Waals surface area contributed by atoms with Crippen molar-refractivity contribution in [2.45, 2.75) is 43.7 Å². The average Bonchev–Trinajstić information content (AvgIpc) is 2.97. The number of amides is 1. The number of anilines is 1. The number of nitrogens with one attached hydrogen (secondary N) is 2. The van der Waals surface area contributed by atoms with Crippen LogP contribution in [-0.2, 0) is 0 Å². The molecule has 4 bridgehead atoms. The highest BCUT2D eigenvalue weighted by atomic mass is 79.9. The second-order valence-electron chi connectivity index (χ2n) is 8.02. The first kappa shape index (κ1) is 21.6. The van der Waals surface area contributed by atoms with Gasteiger partial charge in [-0.15, -0.1) is 17.0 Å². The Morgan fingerprint density at radius 2 is 1.93 bits per heavy atom. The third kappa shape index (κ3) is 3.33. The summed E-state index contributed by atoms with van der Waals surface area (Å²) >= 11 is 0. The monoisotopic (exact) mass is 442 g/mol. The Balaban J connectivity index is 0.000000871. The minimum Gasteiger partial charge on any atom is -0.412 e. The SMILES string of the molecule is Br.NC(=O)c1cnc2[nH]ccc2c1NC1[C@@H]2CC3C[C@H]1CC(O)(C3)C2.O.O. The number of carbonyl (C=O) groups excluding carboxylic acids is 1. The summed E-state index contributed by atoms with van der Waals surface area (Å²) in [6.07, 6.45) is 8.42. The van der Waals surface area contributed by atoms with Gasteiger partial charge < -0.3 is 32.1 Å². The Kier molecular flexibility index (Phi) is 5.91. The number of rotatable bonds is 3. The van der Waals surface area contributed by atoms with Gasteiger partial charge in [0.05, 0.1) is 16.9 Å². The van der Waals surface area contributed by atoms with Crippen LogP contribution in [0.25, 0.3) is 11.0 Å². The van der Waals surface area contributed by atoms with Crippen LogP contribution >= 0.6 is 17.0 Å². The van der Waals surface area contributed by atoms with E-state index in [1.165, 1.54) is 12.8 Å². The van der Waals surface area contributed by atoms with Crippen LogP contribution in [0.15, 0.2) is 18.5 Å². The summed E-state index contributed by atoms with van der Waals surface area (Å²) in [6.45, 7) is 0. The molecule has 8 nitrogen and oxygen atoms in total. The molecule has 2 aromatic heterocycles. The molecule has 9 heteroatoms. The van der Waals surface area contributed by atoms with E-state index < -0.39 is 11.5 Å². The van der Waals surface area contributed by atoms with E-state index in [1.54, 1.807) is 6.20 Å². The molecule has 6 rings (SSSR count). The first-order chi connectivity index (χ1) is 11.5. The topological polar surface area (TPSA) is 167 Å². The Labute approximate surface area is 167 Å². The lowest BCUT2D eigenvalue weighted by Crippen LogP contribution is -2.59. The summed E-state index contributed by atoms with van der Waals surface area (Å²) in [5, 5.41) is 15.3. The minimum atomic E-state index is -0.462. The molecule has 4 aliphatic rings. The molecule has 0 saturated heterocycles. The second kappa shape index (κ2) is 7.38. The van der Waals surface area contributed by atoms with E-state index in [-0.39, 0.29) is 27.9 Å². The van der Waals surface area contributed by atoms with Gasteiger partial charge in [-0.1, -0.05) is 0 Å². The number of aromatic nitrogens is 2. The summed E-state index contributed by atoms with van der Waals surface area (Å²) in [6, 6.07) is 2.22. The molecule has 4 aliphatic carbocycles. The maximum absolute atomic E-state index is 11.9. The molecule has 0 aliphatic heterocycles. The fourth-order valence-electron chi connectivity index (χ4n) is 5.73. The zero-order valence-corrected chi connectivity index (χ0v) is 16.6. The summed E-state index contributed by atoms with van der Waals surface area (Å²) in [4.78, 5) is 19.3. The summed E-state index contributed by atoms with van der Waals surface area (Å²) < 4.78 is 0. The highest BCUT2D eigenvalue weighted by Gasteiger charge is 2.54. The number of fused-ring (bicyclic) bond motifs is 1. The van der Waals surface area contributed by atoms with Crippen molar-refractivity contribution in [3.8, 4) is 0 Å². The number of hydrogen-bond donors (Lipinski definition) is 4. The minimum absolute atomic E-state index is 0. The molecule has 0 aromatic carbocycles. The smallest absolute Gasteiger partial charge is 0.252 e. The third-order valence-corrected chi connectivity index (χ3v) is 6.40. The molecule has 0 radical (unpaired) electrons. The van der Waals surface area contributed by atoms with Gasteiger partial charge in [0.25, 0.3) is 5.91 Å². The second-order valence-corrected chi connectivity index (χ2v) is 8.02. The van der Waals surface area contributed by atoms with Crippen molar-refractivity contribution in [1.29, 1.82) is 0 Å². The molecule has 2 aromatic rings. The van der Waals surface area contributed by atoms with Gasteiger partial charge in [-0.2, -0.15) is 0 Å². The fourth-order valence-corrected chi connectivity index (χ4v) is 5.73. The van der Waals surface area contributed by atoms with Crippen LogP contribution in [0.3, 0.4) is 0 Å². The van der Waals surface area contributed by atoms with Crippen LogP contribution in [0.4, 0.5) is 5.69 Å². The highest BCUT2D eigenvalue weighted by molar-refractivity contribution is 8.93. The first-order valence-electron chi connectivity index (χ1n) is 8.77. The number of primary amides is 1. The molecule has 5 atom stereocenters. The molecular weight excluding hydrogens is 416 g/mol. The molecule has 3 unspecified atom stereocenters. The normalized spacial score (nSPS) is 32.9. The number of nitrogens with two attached hydrogens (primary N) is 1. The molecule has 2 heterocycles. The van der Waals surface area contributed by atoms with Crippen molar-refractivity contribution in [1.82, 2.24) is 9.97 Å². The Morgan fingerprint density at radius 1 is 1.26 bits per heavy atom. The average molecular weight is 443 g/mol. The van der Waals surface area contributed by atoms with Gasteiger partial charge in [0.1, 0.15) is 5.65 Å². The van der Waals surface area contributed by atoms with Crippen molar-refractivity contribution in [2.24, 2.45) is 23.5 Å². The number of pyridine rings is 1. The number of H-pyrrole nitrogens is 1. The summed E-state index contributed by atoms with van der Waals surface area (Å²) in [5.41, 5.74) is 7.10. The van der Waals surface area contributed by atoms with Crippen molar-refractivity contribution in [3.05, 3.63) is 24.0 Å². The lowest BCUT2D eigenvalue weighted by molar-refractivity contribution is -0.129. The van der Waals surface area contributed by atoms with Crippen molar-refractivity contribution >= 4 is 39.6 Å². The van der Waals surface area contributed by atoms with Gasteiger partial charge in [-0.25, -0.2) is 4.98 Å². The number of nitrogens with zero attached hydrogens (tertiary/aromatic N) is 1. The van der Waals surface area contributed by atoms with E-state index in [2.05, 4.69) is 15.3 Å². The summed E-state index contributed by atoms with van der Waals surface area (Å²) in [5.74, 6) is 1.12. The lowest BCUT2D eigenvalue weighted by atomic mass is 9.52. The fraction of sp³-hybridized carbons (Fsp3) is 0.556. The van der Waals surface area contributed by atoms with Gasteiger partial charge in [0, 0.05) is 23.8 Å². The molecule has 0 spiro atoms. The van der Waals surface area contributed by atoms with Crippen LogP contribution in [0.1, 0.15) is 42.5 Å². The van der Waals surface area contributed by atoms with Gasteiger partial charge in [0.15, 0.2) is 0 Å². The van der Waals surface area contributed by atoms with Crippen LogP contribution in [0.5, 0.6) is 0 Å². The van der Waals surface area contributed by atoms with E-state index in [1.807, 2.05) is 12.3 Å². The molecule has 4 saturated carbocycles. The van der Waals surface area contributed by atoms with Gasteiger partial charge in [-0.3, -0.25) is 4.79 Å². The maximum Gasteiger partial charge on any atom is 0.252 e. The van der Waals surface area contributed by atoms with Crippen LogP contribution < -0.4 is 11.1 Å². The van der Waals surface area contributed by atoms with Gasteiger partial charge >= 0.3 is 0 Å². The number of aliphatic hydroxyl groups is 1. The predicted molar refractivity (Wildman–Crippen MR) is 108 cm³/mol. The van der Waals surface area contributed by atoms with Crippen molar-refractivity contribution in [2.75, 3.05) is 5.32 Å². The van der Waals surface area contributed by atoms with E-state index in [9.17, 15) is 9.90 Å². The molecular formula is C18H27BrN4O4. The Morgan fingerprint density at radius 3 is 2.52 bits per heavy atom. The highest BCUT2D eigenvalue weighted by Crippen LogP contribution is 2.56. The number of aromatic amines is 1.